The average molecular weight is 282 g/mol. The molecule has 0 saturated carbocycles. The van der Waals surface area contributed by atoms with Crippen LogP contribution >= 0.6 is 0 Å². The predicted octanol–water partition coefficient (Wildman–Crippen LogP) is 2.11. The zero-order chi connectivity index (χ0) is 14.9. The van der Waals surface area contributed by atoms with E-state index in [0.717, 1.165) is 0 Å². The number of aliphatic hydroxyl groups excluding tert-OH is 1. The monoisotopic (exact) mass is 282 g/mol. The Balaban J connectivity index is 2.16. The van der Waals surface area contributed by atoms with Crippen molar-refractivity contribution < 1.29 is 19.4 Å². The molecule has 3 rings (SSSR count). The van der Waals surface area contributed by atoms with Gasteiger partial charge in [0.15, 0.2) is 5.78 Å². The molecule has 0 bridgehead atoms. The van der Waals surface area contributed by atoms with Gasteiger partial charge in [0.1, 0.15) is 12.4 Å². The smallest absolute Gasteiger partial charge is 0.206 e. The second-order valence-corrected chi connectivity index (χ2v) is 4.97. The average Bonchev–Trinajstić information content (AvgIpc) is 2.54. The maximum atomic E-state index is 12.4. The van der Waals surface area contributed by atoms with Crippen molar-refractivity contribution in [3.63, 3.8) is 0 Å². The lowest BCUT2D eigenvalue weighted by Gasteiger charge is -2.36. The second-order valence-electron chi connectivity index (χ2n) is 4.97. The molecular weight excluding hydrogens is 268 g/mol. The van der Waals surface area contributed by atoms with Crippen molar-refractivity contribution >= 4 is 11.6 Å². The van der Waals surface area contributed by atoms with E-state index in [-0.39, 0.29) is 12.2 Å². The minimum absolute atomic E-state index is 0.104. The largest absolute Gasteiger partial charge is 0.473 e. The number of Topliss-reactive ketones (excluding diaryl/α,β-unsaturated/α-hetero) is 2. The first-order valence-electron chi connectivity index (χ1n) is 6.68. The number of carbonyl (C=O) groups excluding carboxylic acids is 2. The lowest BCUT2D eigenvalue weighted by molar-refractivity contribution is -0.139. The molecule has 1 aliphatic rings. The van der Waals surface area contributed by atoms with Gasteiger partial charge >= 0.3 is 0 Å². The first-order chi connectivity index (χ1) is 10.2. The highest BCUT2D eigenvalue weighted by Gasteiger charge is 2.47. The van der Waals surface area contributed by atoms with E-state index in [1.807, 2.05) is 6.07 Å². The van der Waals surface area contributed by atoms with E-state index in [1.165, 1.54) is 0 Å². The number of hydrogen-bond acceptors (Lipinski definition) is 4. The van der Waals surface area contributed by atoms with E-state index in [9.17, 15) is 14.7 Å². The van der Waals surface area contributed by atoms with Gasteiger partial charge in [0, 0.05) is 5.56 Å². The molecule has 2 aromatic carbocycles. The Morgan fingerprint density at radius 1 is 1.10 bits per heavy atom. The van der Waals surface area contributed by atoms with Crippen LogP contribution in [0.5, 0.6) is 5.75 Å². The topological polar surface area (TPSA) is 63.6 Å². The van der Waals surface area contributed by atoms with E-state index in [2.05, 4.69) is 0 Å². The van der Waals surface area contributed by atoms with Crippen molar-refractivity contribution in [2.45, 2.75) is 12.0 Å². The van der Waals surface area contributed by atoms with Gasteiger partial charge < -0.3 is 9.84 Å². The fraction of sp³-hybridized carbons (Fsp3) is 0.176. The lowest BCUT2D eigenvalue weighted by Crippen LogP contribution is -2.47. The van der Waals surface area contributed by atoms with E-state index < -0.39 is 18.0 Å². The molecule has 0 saturated heterocycles. The molecule has 1 unspecified atom stereocenters. The quantitative estimate of drug-likeness (QED) is 0.936. The fourth-order valence-corrected chi connectivity index (χ4v) is 2.64. The molecule has 4 nitrogen and oxygen atoms in total. The number of fused-ring (bicyclic) bond motifs is 1. The van der Waals surface area contributed by atoms with Gasteiger partial charge in [-0.3, -0.25) is 9.59 Å². The third-order valence-electron chi connectivity index (χ3n) is 3.72. The Morgan fingerprint density at radius 2 is 1.76 bits per heavy atom. The number of hydrogen-bond donors (Lipinski definition) is 1. The Morgan fingerprint density at radius 3 is 2.48 bits per heavy atom. The second kappa shape index (κ2) is 5.14. The van der Waals surface area contributed by atoms with Crippen LogP contribution in [0.25, 0.3) is 0 Å². The lowest BCUT2D eigenvalue weighted by atomic mass is 9.81. The Kier molecular flexibility index (Phi) is 3.31. The number of benzene rings is 2. The number of ketones is 2. The summed E-state index contributed by atoms with van der Waals surface area (Å²) in [6, 6.07) is 15.7. The molecule has 1 aliphatic heterocycles. The molecule has 4 heteroatoms. The van der Waals surface area contributed by atoms with Crippen molar-refractivity contribution in [2.24, 2.45) is 0 Å². The highest BCUT2D eigenvalue weighted by molar-refractivity contribution is 6.05. The van der Waals surface area contributed by atoms with Crippen LogP contribution in [0.1, 0.15) is 22.3 Å². The van der Waals surface area contributed by atoms with E-state index >= 15 is 0 Å². The third-order valence-corrected chi connectivity index (χ3v) is 3.72. The maximum Gasteiger partial charge on any atom is 0.206 e. The van der Waals surface area contributed by atoms with Gasteiger partial charge in [-0.05, 0) is 12.1 Å². The summed E-state index contributed by atoms with van der Waals surface area (Å²) in [5, 5.41) is 9.31. The molecule has 2 aromatic rings. The molecule has 0 spiro atoms. The van der Waals surface area contributed by atoms with Crippen molar-refractivity contribution in [1.29, 1.82) is 0 Å². The number of rotatable bonds is 3. The summed E-state index contributed by atoms with van der Waals surface area (Å²) in [6.07, 6.45) is -0.104. The molecule has 21 heavy (non-hydrogen) atoms. The molecule has 0 fully saturated rings. The third kappa shape index (κ3) is 2.14. The van der Waals surface area contributed by atoms with Gasteiger partial charge in [-0.1, -0.05) is 42.5 Å². The molecule has 0 radical (unpaired) electrons. The highest BCUT2D eigenvalue weighted by atomic mass is 16.5. The van der Waals surface area contributed by atoms with Crippen molar-refractivity contribution in [2.75, 3.05) is 6.61 Å². The minimum atomic E-state index is -1.44. The van der Waals surface area contributed by atoms with Crippen molar-refractivity contribution in [1.82, 2.24) is 0 Å². The van der Waals surface area contributed by atoms with Crippen molar-refractivity contribution in [3.8, 4) is 5.75 Å². The zero-order valence-electron chi connectivity index (χ0n) is 11.3. The molecule has 1 heterocycles. The molecule has 0 aliphatic carbocycles. The molecule has 0 amide bonds. The number of aliphatic hydroxyl groups is 1. The Bertz CT molecular complexity index is 693. The summed E-state index contributed by atoms with van der Waals surface area (Å²) in [5.41, 5.74) is -0.400. The van der Waals surface area contributed by atoms with Crippen molar-refractivity contribution in [3.05, 3.63) is 65.7 Å². The predicted molar refractivity (Wildman–Crippen MR) is 76.2 cm³/mol. The minimum Gasteiger partial charge on any atom is -0.473 e. The summed E-state index contributed by atoms with van der Waals surface area (Å²) >= 11 is 0. The van der Waals surface area contributed by atoms with E-state index in [1.54, 1.807) is 48.5 Å². The van der Waals surface area contributed by atoms with Gasteiger partial charge in [-0.2, -0.15) is 0 Å². The molecule has 1 atom stereocenters. The molecular formula is C17H14O4. The highest BCUT2D eigenvalue weighted by Crippen LogP contribution is 2.40. The van der Waals surface area contributed by atoms with Crippen LogP contribution in [0.4, 0.5) is 0 Å². The van der Waals surface area contributed by atoms with E-state index in [0.29, 0.717) is 16.9 Å². The summed E-state index contributed by atoms with van der Waals surface area (Å²) in [5.74, 6) is -0.307. The summed E-state index contributed by atoms with van der Waals surface area (Å²) in [4.78, 5) is 24.7. The van der Waals surface area contributed by atoms with Gasteiger partial charge in [0.2, 0.25) is 11.4 Å². The standard InChI is InChI=1S/C17H14O4/c18-11-16(20)17(12-6-2-1-3-7-12)10-14(19)13-8-4-5-9-15(13)21-17/h1-9,18H,10-11H2. The maximum absolute atomic E-state index is 12.4. The number of ether oxygens (including phenoxy) is 1. The zero-order valence-corrected chi connectivity index (χ0v) is 11.3. The Labute approximate surface area is 122 Å². The number of carbonyl (C=O) groups is 2. The fourth-order valence-electron chi connectivity index (χ4n) is 2.64. The molecule has 1 N–H and O–H groups in total. The Hall–Kier alpha value is -2.46. The number of para-hydroxylation sites is 1. The van der Waals surface area contributed by atoms with Gasteiger partial charge in [0.05, 0.1) is 12.0 Å². The van der Waals surface area contributed by atoms with Crippen LogP contribution < -0.4 is 4.74 Å². The first-order valence-corrected chi connectivity index (χ1v) is 6.68. The van der Waals surface area contributed by atoms with Crippen LogP contribution in [0.2, 0.25) is 0 Å². The van der Waals surface area contributed by atoms with Gasteiger partial charge in [-0.15, -0.1) is 0 Å². The van der Waals surface area contributed by atoms with Crippen LogP contribution in [-0.4, -0.2) is 23.3 Å². The summed E-state index contributed by atoms with van der Waals surface area (Å²) in [6.45, 7) is -0.676. The van der Waals surface area contributed by atoms with Crippen LogP contribution in [0.3, 0.4) is 0 Å². The SMILES string of the molecule is O=C1CC(C(=O)CO)(c2ccccc2)Oc2ccccc21. The summed E-state index contributed by atoms with van der Waals surface area (Å²) in [7, 11) is 0. The van der Waals surface area contributed by atoms with Crippen LogP contribution in [-0.2, 0) is 10.4 Å². The molecule has 106 valence electrons. The van der Waals surface area contributed by atoms with Crippen LogP contribution in [0.15, 0.2) is 54.6 Å². The van der Waals surface area contributed by atoms with Crippen LogP contribution in [0, 0.1) is 0 Å². The van der Waals surface area contributed by atoms with Gasteiger partial charge in [-0.25, -0.2) is 0 Å². The normalized spacial score (nSPS) is 20.5. The van der Waals surface area contributed by atoms with E-state index in [4.69, 9.17) is 4.74 Å². The van der Waals surface area contributed by atoms with Gasteiger partial charge in [0.25, 0.3) is 0 Å². The molecule has 0 aromatic heterocycles. The summed E-state index contributed by atoms with van der Waals surface area (Å²) < 4.78 is 5.90. The first kappa shape index (κ1) is 13.5.